The standard InChI is InChI=1S/C16H24N2O/c1-10-4-5-15(17)14(9-10)16(19)18-13-7-11(2)6-12(3)8-13/h4-5,9,11-13H,6-8,17H2,1-3H3,(H,18,19). The Kier molecular flexibility index (Phi) is 4.13. The fourth-order valence-electron chi connectivity index (χ4n) is 3.19. The minimum atomic E-state index is -0.0347. The van der Waals surface area contributed by atoms with E-state index in [2.05, 4.69) is 19.2 Å². The highest BCUT2D eigenvalue weighted by Gasteiger charge is 2.25. The van der Waals surface area contributed by atoms with Crippen LogP contribution in [0.4, 0.5) is 5.69 Å². The highest BCUT2D eigenvalue weighted by atomic mass is 16.1. The van der Waals surface area contributed by atoms with Gasteiger partial charge in [-0.3, -0.25) is 4.79 Å². The van der Waals surface area contributed by atoms with Crippen LogP contribution in [0, 0.1) is 18.8 Å². The summed E-state index contributed by atoms with van der Waals surface area (Å²) in [6.45, 7) is 6.49. The predicted molar refractivity (Wildman–Crippen MR) is 79.0 cm³/mol. The van der Waals surface area contributed by atoms with E-state index in [1.54, 1.807) is 6.07 Å². The van der Waals surface area contributed by atoms with Gasteiger partial charge in [0.25, 0.3) is 5.91 Å². The van der Waals surface area contributed by atoms with Gasteiger partial charge in [0.05, 0.1) is 5.56 Å². The Hall–Kier alpha value is -1.51. The maximum Gasteiger partial charge on any atom is 0.253 e. The molecule has 0 saturated heterocycles. The van der Waals surface area contributed by atoms with Crippen molar-refractivity contribution in [2.24, 2.45) is 11.8 Å². The number of nitrogens with two attached hydrogens (primary N) is 1. The predicted octanol–water partition coefficient (Wildman–Crippen LogP) is 3.13. The lowest BCUT2D eigenvalue weighted by Gasteiger charge is -2.32. The van der Waals surface area contributed by atoms with Crippen LogP contribution in [0.15, 0.2) is 18.2 Å². The summed E-state index contributed by atoms with van der Waals surface area (Å²) >= 11 is 0. The van der Waals surface area contributed by atoms with Crippen molar-refractivity contribution in [2.45, 2.75) is 46.1 Å². The van der Waals surface area contributed by atoms with Crippen LogP contribution in [-0.4, -0.2) is 11.9 Å². The number of nitrogens with one attached hydrogen (secondary N) is 1. The first-order valence-electron chi connectivity index (χ1n) is 7.12. The van der Waals surface area contributed by atoms with Crippen LogP contribution < -0.4 is 11.1 Å². The normalized spacial score (nSPS) is 27.0. The minimum absolute atomic E-state index is 0.0347. The van der Waals surface area contributed by atoms with Crippen LogP contribution in [0.2, 0.25) is 0 Å². The van der Waals surface area contributed by atoms with Crippen molar-refractivity contribution in [3.63, 3.8) is 0 Å². The Morgan fingerprint density at radius 2 is 1.84 bits per heavy atom. The fourth-order valence-corrected chi connectivity index (χ4v) is 3.19. The molecular weight excluding hydrogens is 236 g/mol. The van der Waals surface area contributed by atoms with E-state index in [0.29, 0.717) is 23.1 Å². The van der Waals surface area contributed by atoms with Crippen LogP contribution >= 0.6 is 0 Å². The summed E-state index contributed by atoms with van der Waals surface area (Å²) in [5.41, 5.74) is 8.11. The van der Waals surface area contributed by atoms with Crippen LogP contribution in [-0.2, 0) is 0 Å². The first-order chi connectivity index (χ1) is 8.95. The highest BCUT2D eigenvalue weighted by molar-refractivity contribution is 5.99. The quantitative estimate of drug-likeness (QED) is 0.803. The molecule has 2 rings (SSSR count). The fraction of sp³-hybridized carbons (Fsp3) is 0.562. The third-order valence-corrected chi connectivity index (χ3v) is 3.97. The second kappa shape index (κ2) is 5.64. The van der Waals surface area contributed by atoms with E-state index in [-0.39, 0.29) is 11.9 Å². The summed E-state index contributed by atoms with van der Waals surface area (Å²) in [4.78, 5) is 12.3. The summed E-state index contributed by atoms with van der Waals surface area (Å²) in [6.07, 6.45) is 3.41. The van der Waals surface area contributed by atoms with Gasteiger partial charge in [0.2, 0.25) is 0 Å². The van der Waals surface area contributed by atoms with Gasteiger partial charge in [-0.2, -0.15) is 0 Å². The van der Waals surface area contributed by atoms with Gasteiger partial charge >= 0.3 is 0 Å². The van der Waals surface area contributed by atoms with E-state index in [0.717, 1.165) is 18.4 Å². The number of anilines is 1. The first-order valence-corrected chi connectivity index (χ1v) is 7.12. The largest absolute Gasteiger partial charge is 0.398 e. The summed E-state index contributed by atoms with van der Waals surface area (Å²) in [7, 11) is 0. The Morgan fingerprint density at radius 3 is 2.47 bits per heavy atom. The molecule has 3 heteroatoms. The molecule has 1 aliphatic rings. The van der Waals surface area contributed by atoms with Crippen LogP contribution in [0.3, 0.4) is 0 Å². The highest BCUT2D eigenvalue weighted by Crippen LogP contribution is 2.28. The van der Waals surface area contributed by atoms with E-state index in [1.165, 1.54) is 6.42 Å². The van der Waals surface area contributed by atoms with Crippen molar-refractivity contribution >= 4 is 11.6 Å². The Balaban J connectivity index is 2.06. The molecule has 0 spiro atoms. The van der Waals surface area contributed by atoms with E-state index < -0.39 is 0 Å². The van der Waals surface area contributed by atoms with Crippen molar-refractivity contribution in [3.8, 4) is 0 Å². The smallest absolute Gasteiger partial charge is 0.253 e. The number of hydrogen-bond donors (Lipinski definition) is 2. The van der Waals surface area contributed by atoms with Crippen LogP contribution in [0.5, 0.6) is 0 Å². The molecule has 3 N–H and O–H groups in total. The molecule has 1 saturated carbocycles. The zero-order valence-corrected chi connectivity index (χ0v) is 12.1. The Morgan fingerprint density at radius 1 is 1.21 bits per heavy atom. The lowest BCUT2D eigenvalue weighted by Crippen LogP contribution is -2.40. The summed E-state index contributed by atoms with van der Waals surface area (Å²) in [6, 6.07) is 5.87. The minimum Gasteiger partial charge on any atom is -0.398 e. The molecule has 1 amide bonds. The number of benzene rings is 1. The number of nitrogen functional groups attached to an aromatic ring is 1. The number of amides is 1. The zero-order valence-electron chi connectivity index (χ0n) is 12.1. The Bertz CT molecular complexity index is 460. The van der Waals surface area contributed by atoms with Gasteiger partial charge in [0, 0.05) is 11.7 Å². The van der Waals surface area contributed by atoms with E-state index in [9.17, 15) is 4.79 Å². The SMILES string of the molecule is Cc1ccc(N)c(C(=O)NC2CC(C)CC(C)C2)c1. The molecule has 0 bridgehead atoms. The maximum absolute atomic E-state index is 12.3. The lowest BCUT2D eigenvalue weighted by molar-refractivity contribution is 0.0912. The van der Waals surface area contributed by atoms with E-state index in [4.69, 9.17) is 5.73 Å². The summed E-state index contributed by atoms with van der Waals surface area (Å²) in [5.74, 6) is 1.33. The van der Waals surface area contributed by atoms with Crippen molar-refractivity contribution in [1.29, 1.82) is 0 Å². The lowest BCUT2D eigenvalue weighted by atomic mass is 9.80. The molecule has 1 fully saturated rings. The molecule has 0 radical (unpaired) electrons. The van der Waals surface area contributed by atoms with Crippen LogP contribution in [0.25, 0.3) is 0 Å². The molecule has 0 aliphatic heterocycles. The average molecular weight is 260 g/mol. The van der Waals surface area contributed by atoms with Crippen molar-refractivity contribution < 1.29 is 4.79 Å². The topological polar surface area (TPSA) is 55.1 Å². The maximum atomic E-state index is 12.3. The second-order valence-corrected chi connectivity index (χ2v) is 6.18. The van der Waals surface area contributed by atoms with Gasteiger partial charge in [-0.15, -0.1) is 0 Å². The van der Waals surface area contributed by atoms with Crippen molar-refractivity contribution in [1.82, 2.24) is 5.32 Å². The van der Waals surface area contributed by atoms with Gasteiger partial charge in [-0.05, 0) is 50.2 Å². The summed E-state index contributed by atoms with van der Waals surface area (Å²) < 4.78 is 0. The molecule has 0 heterocycles. The van der Waals surface area contributed by atoms with Gasteiger partial charge in [0.15, 0.2) is 0 Å². The van der Waals surface area contributed by atoms with E-state index in [1.807, 2.05) is 19.1 Å². The average Bonchev–Trinajstić information content (AvgIpc) is 2.30. The molecule has 2 unspecified atom stereocenters. The molecule has 1 aliphatic carbocycles. The van der Waals surface area contributed by atoms with Gasteiger partial charge in [-0.1, -0.05) is 25.5 Å². The summed E-state index contributed by atoms with van der Waals surface area (Å²) in [5, 5.41) is 3.15. The van der Waals surface area contributed by atoms with Crippen LogP contribution in [0.1, 0.15) is 49.0 Å². The molecule has 2 atom stereocenters. The molecule has 0 aromatic heterocycles. The zero-order chi connectivity index (χ0) is 14.0. The third-order valence-electron chi connectivity index (χ3n) is 3.97. The van der Waals surface area contributed by atoms with Gasteiger partial charge in [-0.25, -0.2) is 0 Å². The van der Waals surface area contributed by atoms with Gasteiger partial charge in [0.1, 0.15) is 0 Å². The molecule has 104 valence electrons. The molecule has 19 heavy (non-hydrogen) atoms. The van der Waals surface area contributed by atoms with Crippen molar-refractivity contribution in [2.75, 3.05) is 5.73 Å². The molecule has 3 nitrogen and oxygen atoms in total. The Labute approximate surface area is 115 Å². The number of rotatable bonds is 2. The van der Waals surface area contributed by atoms with Gasteiger partial charge < -0.3 is 11.1 Å². The number of hydrogen-bond acceptors (Lipinski definition) is 2. The molecular formula is C16H24N2O. The number of carbonyl (C=O) groups excluding carboxylic acids is 1. The second-order valence-electron chi connectivity index (χ2n) is 6.18. The molecule has 1 aromatic rings. The monoisotopic (exact) mass is 260 g/mol. The van der Waals surface area contributed by atoms with E-state index >= 15 is 0 Å². The number of aryl methyl sites for hydroxylation is 1. The third kappa shape index (κ3) is 3.49. The van der Waals surface area contributed by atoms with Crippen molar-refractivity contribution in [3.05, 3.63) is 29.3 Å². The molecule has 1 aromatic carbocycles. The first kappa shape index (κ1) is 13.9. The number of carbonyl (C=O) groups is 1.